The minimum atomic E-state index is -0.959. The summed E-state index contributed by atoms with van der Waals surface area (Å²) in [6.45, 7) is 0. The summed E-state index contributed by atoms with van der Waals surface area (Å²) in [6, 6.07) is 8.54. The number of carbonyl (C=O) groups is 1. The maximum atomic E-state index is 10.4. The Morgan fingerprint density at radius 2 is 2.00 bits per heavy atom. The molecule has 0 saturated carbocycles. The topological polar surface area (TPSA) is 63.3 Å². The van der Waals surface area contributed by atoms with E-state index in [0.29, 0.717) is 6.42 Å². The molecule has 64 valence electrons. The predicted octanol–water partition coefficient (Wildman–Crippen LogP) is 0.641. The molecule has 0 radical (unpaired) electrons. The molecule has 1 atom stereocenters. The van der Waals surface area contributed by atoms with Gasteiger partial charge in [-0.05, 0) is 12.0 Å². The van der Waals surface area contributed by atoms with Crippen LogP contribution in [0.15, 0.2) is 30.3 Å². The maximum Gasteiger partial charge on any atom is 0.320 e. The quantitative estimate of drug-likeness (QED) is 0.692. The molecule has 0 spiro atoms. The Hall–Kier alpha value is -1.35. The minimum Gasteiger partial charge on any atom is -0.480 e. The standard InChI is InChI=1S/C9H11NO2/c10-8(9(11)12)6-7-4-2-1-3-5-7/h1-5,8H,6,10H2,(H,11,12)/i4+1. The molecule has 0 aliphatic heterocycles. The van der Waals surface area contributed by atoms with Crippen molar-refractivity contribution in [1.29, 1.82) is 0 Å². The van der Waals surface area contributed by atoms with Crippen molar-refractivity contribution < 1.29 is 9.90 Å². The number of benzene rings is 1. The first kappa shape index (κ1) is 8.74. The molecule has 3 N–H and O–H groups in total. The summed E-state index contributed by atoms with van der Waals surface area (Å²) in [4.78, 5) is 10.4. The monoisotopic (exact) mass is 166 g/mol. The lowest BCUT2D eigenvalue weighted by atomic mass is 10.1. The summed E-state index contributed by atoms with van der Waals surface area (Å²) in [5.41, 5.74) is 6.30. The van der Waals surface area contributed by atoms with Crippen LogP contribution in [0.25, 0.3) is 0 Å². The smallest absolute Gasteiger partial charge is 0.320 e. The van der Waals surface area contributed by atoms with Crippen LogP contribution in [0, 0.1) is 0 Å². The van der Waals surface area contributed by atoms with Crippen LogP contribution in [-0.4, -0.2) is 17.1 Å². The summed E-state index contributed by atoms with van der Waals surface area (Å²) in [7, 11) is 0. The van der Waals surface area contributed by atoms with Crippen molar-refractivity contribution in [3.8, 4) is 0 Å². The first-order valence-electron chi connectivity index (χ1n) is 3.72. The van der Waals surface area contributed by atoms with Gasteiger partial charge in [0, 0.05) is 0 Å². The van der Waals surface area contributed by atoms with Gasteiger partial charge in [0.1, 0.15) is 6.04 Å². The summed E-state index contributed by atoms with van der Waals surface area (Å²) in [5, 5.41) is 8.52. The van der Waals surface area contributed by atoms with Gasteiger partial charge in [0.05, 0.1) is 0 Å². The number of aliphatic carboxylic acids is 1. The molecule has 1 rings (SSSR count). The van der Waals surface area contributed by atoms with Gasteiger partial charge in [-0.1, -0.05) is 30.3 Å². The molecule has 12 heavy (non-hydrogen) atoms. The molecule has 0 aliphatic carbocycles. The first-order valence-corrected chi connectivity index (χ1v) is 3.72. The Morgan fingerprint density at radius 1 is 1.42 bits per heavy atom. The number of rotatable bonds is 3. The van der Waals surface area contributed by atoms with Gasteiger partial charge in [-0.3, -0.25) is 4.79 Å². The lowest BCUT2D eigenvalue weighted by molar-refractivity contribution is -0.138. The minimum absolute atomic E-state index is 0.385. The Balaban J connectivity index is 2.58. The van der Waals surface area contributed by atoms with Crippen LogP contribution in [0.1, 0.15) is 5.56 Å². The molecule has 1 aromatic carbocycles. The van der Waals surface area contributed by atoms with Crippen molar-refractivity contribution in [2.45, 2.75) is 12.5 Å². The zero-order valence-corrected chi connectivity index (χ0v) is 6.60. The summed E-state index contributed by atoms with van der Waals surface area (Å²) < 4.78 is 0. The van der Waals surface area contributed by atoms with Crippen LogP contribution in [0.3, 0.4) is 0 Å². The highest BCUT2D eigenvalue weighted by Crippen LogP contribution is 2.01. The van der Waals surface area contributed by atoms with Crippen LogP contribution >= 0.6 is 0 Å². The van der Waals surface area contributed by atoms with Crippen molar-refractivity contribution in [2.75, 3.05) is 0 Å². The Morgan fingerprint density at radius 3 is 2.50 bits per heavy atom. The molecule has 3 heteroatoms. The molecule has 3 nitrogen and oxygen atoms in total. The second kappa shape index (κ2) is 3.88. The van der Waals surface area contributed by atoms with E-state index >= 15 is 0 Å². The number of carboxylic acids is 1. The van der Waals surface area contributed by atoms with E-state index in [0.717, 1.165) is 5.56 Å². The second-order valence-electron chi connectivity index (χ2n) is 2.63. The van der Waals surface area contributed by atoms with E-state index in [1.165, 1.54) is 0 Å². The molecule has 1 unspecified atom stereocenters. The molecule has 0 heterocycles. The average molecular weight is 166 g/mol. The van der Waals surface area contributed by atoms with Gasteiger partial charge in [-0.2, -0.15) is 0 Å². The Kier molecular flexibility index (Phi) is 2.82. The van der Waals surface area contributed by atoms with E-state index in [2.05, 4.69) is 0 Å². The van der Waals surface area contributed by atoms with E-state index in [-0.39, 0.29) is 0 Å². The largest absolute Gasteiger partial charge is 0.480 e. The summed E-state index contributed by atoms with van der Waals surface area (Å²) in [5.74, 6) is -0.959. The molecule has 0 bridgehead atoms. The number of hydrogen-bond donors (Lipinski definition) is 2. The van der Waals surface area contributed by atoms with Gasteiger partial charge in [-0.25, -0.2) is 0 Å². The highest BCUT2D eigenvalue weighted by Gasteiger charge is 2.10. The highest BCUT2D eigenvalue weighted by atomic mass is 16.4. The van der Waals surface area contributed by atoms with Gasteiger partial charge in [-0.15, -0.1) is 0 Å². The molecule has 0 amide bonds. The van der Waals surface area contributed by atoms with Gasteiger partial charge < -0.3 is 10.8 Å². The molecule has 0 saturated heterocycles. The number of nitrogens with two attached hydrogens (primary N) is 1. The van der Waals surface area contributed by atoms with Crippen molar-refractivity contribution >= 4 is 5.97 Å². The molecular weight excluding hydrogens is 155 g/mol. The Labute approximate surface area is 70.8 Å². The summed E-state index contributed by atoms with van der Waals surface area (Å²) in [6.07, 6.45) is 0.385. The maximum absolute atomic E-state index is 10.4. The zero-order valence-electron chi connectivity index (χ0n) is 6.60. The van der Waals surface area contributed by atoms with Gasteiger partial charge in [0.2, 0.25) is 0 Å². The third-order valence-corrected chi connectivity index (χ3v) is 1.62. The van der Waals surface area contributed by atoms with Crippen LogP contribution in [0.2, 0.25) is 0 Å². The fraction of sp³-hybridized carbons (Fsp3) is 0.222. The fourth-order valence-corrected chi connectivity index (χ4v) is 0.955. The van der Waals surface area contributed by atoms with Crippen molar-refractivity contribution in [3.05, 3.63) is 35.9 Å². The molecule has 0 aromatic heterocycles. The van der Waals surface area contributed by atoms with E-state index in [1.54, 1.807) is 0 Å². The van der Waals surface area contributed by atoms with E-state index in [9.17, 15) is 4.79 Å². The van der Waals surface area contributed by atoms with E-state index in [4.69, 9.17) is 10.8 Å². The zero-order chi connectivity index (χ0) is 8.97. The van der Waals surface area contributed by atoms with Crippen LogP contribution < -0.4 is 5.73 Å². The average Bonchev–Trinajstić information content (AvgIpc) is 2.06. The van der Waals surface area contributed by atoms with Crippen LogP contribution in [-0.2, 0) is 11.2 Å². The predicted molar refractivity (Wildman–Crippen MR) is 45.8 cm³/mol. The third-order valence-electron chi connectivity index (χ3n) is 1.62. The molecular formula is C9H11NO2. The number of carboxylic acid groups (broad SMARTS) is 1. The second-order valence-corrected chi connectivity index (χ2v) is 2.63. The lowest BCUT2D eigenvalue weighted by Crippen LogP contribution is -2.32. The van der Waals surface area contributed by atoms with Gasteiger partial charge >= 0.3 is 5.97 Å². The van der Waals surface area contributed by atoms with Crippen LogP contribution in [0.5, 0.6) is 0 Å². The van der Waals surface area contributed by atoms with Crippen molar-refractivity contribution in [3.63, 3.8) is 0 Å². The third kappa shape index (κ3) is 2.36. The fourth-order valence-electron chi connectivity index (χ4n) is 0.955. The Bertz CT molecular complexity index is 258. The molecule has 1 aromatic rings. The molecule has 0 fully saturated rings. The van der Waals surface area contributed by atoms with Crippen molar-refractivity contribution in [1.82, 2.24) is 0 Å². The first-order chi connectivity index (χ1) is 5.70. The highest BCUT2D eigenvalue weighted by molar-refractivity contribution is 5.73. The van der Waals surface area contributed by atoms with Crippen molar-refractivity contribution in [2.24, 2.45) is 5.73 Å². The van der Waals surface area contributed by atoms with Crippen LogP contribution in [0.4, 0.5) is 0 Å². The van der Waals surface area contributed by atoms with E-state index < -0.39 is 12.0 Å². The number of hydrogen-bond acceptors (Lipinski definition) is 2. The normalized spacial score (nSPS) is 12.4. The SMILES string of the molecule is NC(Cc1cccc[13cH]1)C(=O)O. The summed E-state index contributed by atoms with van der Waals surface area (Å²) >= 11 is 0. The molecule has 0 aliphatic rings. The lowest BCUT2D eigenvalue weighted by Gasteiger charge is -2.04. The van der Waals surface area contributed by atoms with Gasteiger partial charge in [0.25, 0.3) is 0 Å². The van der Waals surface area contributed by atoms with Gasteiger partial charge in [0.15, 0.2) is 0 Å². The van der Waals surface area contributed by atoms with E-state index in [1.807, 2.05) is 30.3 Å².